The Morgan fingerprint density at radius 1 is 0.941 bits per heavy atom. The molecule has 34 heavy (non-hydrogen) atoms. The van der Waals surface area contributed by atoms with Gasteiger partial charge >= 0.3 is 6.18 Å². The van der Waals surface area contributed by atoms with Gasteiger partial charge in [-0.25, -0.2) is 0 Å². The fraction of sp³-hybridized carbons (Fsp3) is 0.435. The molecule has 1 amide bonds. The summed E-state index contributed by atoms with van der Waals surface area (Å²) in [7, 11) is 0. The highest BCUT2D eigenvalue weighted by Gasteiger charge is 2.35. The lowest BCUT2D eigenvalue weighted by Crippen LogP contribution is -2.51. The second-order valence-corrected chi connectivity index (χ2v) is 8.94. The van der Waals surface area contributed by atoms with Crippen molar-refractivity contribution >= 4 is 34.6 Å². The van der Waals surface area contributed by atoms with Crippen molar-refractivity contribution < 1.29 is 22.9 Å². The van der Waals surface area contributed by atoms with Gasteiger partial charge in [-0.2, -0.15) is 13.2 Å². The molecule has 0 aliphatic carbocycles. The van der Waals surface area contributed by atoms with Crippen LogP contribution in [0.4, 0.5) is 30.2 Å². The van der Waals surface area contributed by atoms with Crippen molar-refractivity contribution in [3.8, 4) is 0 Å². The van der Waals surface area contributed by atoms with Crippen LogP contribution < -0.4 is 9.80 Å². The number of benzene rings is 2. The van der Waals surface area contributed by atoms with Gasteiger partial charge in [0, 0.05) is 62.0 Å². The van der Waals surface area contributed by atoms with Crippen molar-refractivity contribution in [2.24, 2.45) is 5.92 Å². The highest BCUT2D eigenvalue weighted by molar-refractivity contribution is 6.30. The van der Waals surface area contributed by atoms with E-state index < -0.39 is 22.4 Å². The molecule has 182 valence electrons. The average Bonchev–Trinajstić information content (AvgIpc) is 2.83. The van der Waals surface area contributed by atoms with Crippen LogP contribution in [-0.4, -0.2) is 55.0 Å². The molecule has 4 rings (SSSR count). The lowest BCUT2D eigenvalue weighted by Gasteiger charge is -2.39. The standard InChI is InChI=1S/C23H24ClF3N4O3/c24-18-2-4-19(5-3-18)28-11-13-30(14-12-28)22(32)16-7-9-29(10-8-16)20-6-1-17(23(25,26)27)15-21(20)31(33)34/h1-6,15-16H,7-14H2. The SMILES string of the molecule is O=C(C1CCN(c2ccc(C(F)(F)F)cc2[N+](=O)[O-])CC1)N1CCN(c2ccc(Cl)cc2)CC1. The molecule has 11 heteroatoms. The summed E-state index contributed by atoms with van der Waals surface area (Å²) < 4.78 is 38.9. The molecule has 0 atom stereocenters. The van der Waals surface area contributed by atoms with Gasteiger partial charge in [0.2, 0.25) is 5.91 Å². The summed E-state index contributed by atoms with van der Waals surface area (Å²) >= 11 is 5.95. The minimum atomic E-state index is -4.65. The van der Waals surface area contributed by atoms with Gasteiger partial charge in [-0.15, -0.1) is 0 Å². The number of nitro groups is 1. The smallest absolute Gasteiger partial charge is 0.368 e. The maximum atomic E-state index is 13.1. The molecule has 7 nitrogen and oxygen atoms in total. The number of alkyl halides is 3. The third-order valence-corrected chi connectivity index (χ3v) is 6.72. The fourth-order valence-electron chi connectivity index (χ4n) is 4.58. The zero-order valence-electron chi connectivity index (χ0n) is 18.3. The van der Waals surface area contributed by atoms with Gasteiger partial charge in [-0.3, -0.25) is 14.9 Å². The molecule has 2 aromatic carbocycles. The monoisotopic (exact) mass is 496 g/mol. The molecule has 0 radical (unpaired) electrons. The van der Waals surface area contributed by atoms with Gasteiger partial charge in [0.25, 0.3) is 5.69 Å². The quantitative estimate of drug-likeness (QED) is 0.448. The predicted octanol–water partition coefficient (Wildman–Crippen LogP) is 4.83. The molecule has 0 unspecified atom stereocenters. The Bertz CT molecular complexity index is 1050. The third-order valence-electron chi connectivity index (χ3n) is 6.47. The second kappa shape index (κ2) is 9.69. The molecule has 2 aliphatic heterocycles. The first-order valence-corrected chi connectivity index (χ1v) is 11.4. The molecule has 0 bridgehead atoms. The van der Waals surface area contributed by atoms with Crippen molar-refractivity contribution in [3.05, 3.63) is 63.2 Å². The number of anilines is 2. The number of hydrogen-bond donors (Lipinski definition) is 0. The summed E-state index contributed by atoms with van der Waals surface area (Å²) in [4.78, 5) is 29.4. The summed E-state index contributed by atoms with van der Waals surface area (Å²) in [6, 6.07) is 10.2. The number of piperazine rings is 1. The topological polar surface area (TPSA) is 69.9 Å². The molecule has 0 N–H and O–H groups in total. The summed E-state index contributed by atoms with van der Waals surface area (Å²) in [6.07, 6.45) is -3.66. The van der Waals surface area contributed by atoms with Crippen molar-refractivity contribution in [2.75, 3.05) is 49.1 Å². The summed E-state index contributed by atoms with van der Waals surface area (Å²) in [5.74, 6) is -0.135. The first kappa shape index (κ1) is 24.1. The number of piperidine rings is 1. The first-order chi connectivity index (χ1) is 16.1. The van der Waals surface area contributed by atoms with E-state index in [9.17, 15) is 28.1 Å². The summed E-state index contributed by atoms with van der Waals surface area (Å²) in [5, 5.41) is 12.1. The highest BCUT2D eigenvalue weighted by Crippen LogP contribution is 2.38. The number of nitrogens with zero attached hydrogens (tertiary/aromatic N) is 4. The van der Waals surface area contributed by atoms with Crippen LogP contribution in [0.25, 0.3) is 0 Å². The van der Waals surface area contributed by atoms with E-state index in [0.29, 0.717) is 63.2 Å². The molecular weight excluding hydrogens is 473 g/mol. The number of nitro benzene ring substituents is 1. The van der Waals surface area contributed by atoms with E-state index in [1.807, 2.05) is 29.2 Å². The number of carbonyl (C=O) groups excluding carboxylic acids is 1. The normalized spacial score (nSPS) is 17.7. The van der Waals surface area contributed by atoms with Crippen LogP contribution in [-0.2, 0) is 11.0 Å². The van der Waals surface area contributed by atoms with Crippen molar-refractivity contribution in [2.45, 2.75) is 19.0 Å². The molecule has 0 spiro atoms. The largest absolute Gasteiger partial charge is 0.416 e. The Hall–Kier alpha value is -3.01. The molecule has 0 aromatic heterocycles. The second-order valence-electron chi connectivity index (χ2n) is 8.51. The molecular formula is C23H24ClF3N4O3. The zero-order valence-corrected chi connectivity index (χ0v) is 19.1. The maximum absolute atomic E-state index is 13.1. The van der Waals surface area contributed by atoms with Crippen LogP contribution in [0.5, 0.6) is 0 Å². The molecule has 2 aromatic rings. The minimum Gasteiger partial charge on any atom is -0.368 e. The zero-order chi connectivity index (χ0) is 24.5. The number of hydrogen-bond acceptors (Lipinski definition) is 5. The predicted molar refractivity (Wildman–Crippen MR) is 123 cm³/mol. The molecule has 2 aliphatic rings. The van der Waals surface area contributed by atoms with Crippen molar-refractivity contribution in [1.82, 2.24) is 4.90 Å². The van der Waals surface area contributed by atoms with E-state index in [1.165, 1.54) is 0 Å². The maximum Gasteiger partial charge on any atom is 0.416 e. The summed E-state index contributed by atoms with van der Waals surface area (Å²) in [6.45, 7) is 3.37. The Kier molecular flexibility index (Phi) is 6.88. The number of halogens is 4. The number of carbonyl (C=O) groups is 1. The Balaban J connectivity index is 1.35. The highest BCUT2D eigenvalue weighted by atomic mass is 35.5. The average molecular weight is 497 g/mol. The fourth-order valence-corrected chi connectivity index (χ4v) is 4.70. The van der Waals surface area contributed by atoms with E-state index in [-0.39, 0.29) is 17.5 Å². The van der Waals surface area contributed by atoms with Gasteiger partial charge in [-0.1, -0.05) is 11.6 Å². The minimum absolute atomic E-state index is 0.0670. The van der Waals surface area contributed by atoms with E-state index in [0.717, 1.165) is 17.8 Å². The van der Waals surface area contributed by atoms with Crippen LogP contribution in [0.3, 0.4) is 0 Å². The third kappa shape index (κ3) is 5.22. The van der Waals surface area contributed by atoms with Gasteiger partial charge < -0.3 is 14.7 Å². The molecule has 0 saturated carbocycles. The molecule has 2 fully saturated rings. The van der Waals surface area contributed by atoms with Crippen LogP contribution in [0, 0.1) is 16.0 Å². The van der Waals surface area contributed by atoms with Gasteiger partial charge in [0.15, 0.2) is 0 Å². The van der Waals surface area contributed by atoms with Gasteiger partial charge in [0.05, 0.1) is 10.5 Å². The number of amides is 1. The lowest BCUT2D eigenvalue weighted by molar-refractivity contribution is -0.384. The van der Waals surface area contributed by atoms with Crippen LogP contribution in [0.1, 0.15) is 18.4 Å². The van der Waals surface area contributed by atoms with Crippen LogP contribution in [0.15, 0.2) is 42.5 Å². The van der Waals surface area contributed by atoms with Gasteiger partial charge in [0.1, 0.15) is 5.69 Å². The van der Waals surface area contributed by atoms with E-state index in [1.54, 1.807) is 4.90 Å². The molecule has 2 saturated heterocycles. The lowest BCUT2D eigenvalue weighted by atomic mass is 9.94. The van der Waals surface area contributed by atoms with Gasteiger partial charge in [-0.05, 0) is 49.2 Å². The van der Waals surface area contributed by atoms with Crippen LogP contribution >= 0.6 is 11.6 Å². The van der Waals surface area contributed by atoms with E-state index >= 15 is 0 Å². The van der Waals surface area contributed by atoms with E-state index in [4.69, 9.17) is 11.6 Å². The Labute approximate surface area is 199 Å². The first-order valence-electron chi connectivity index (χ1n) is 11.0. The summed E-state index contributed by atoms with van der Waals surface area (Å²) in [5.41, 5.74) is -0.410. The number of rotatable bonds is 4. The van der Waals surface area contributed by atoms with Crippen LogP contribution in [0.2, 0.25) is 5.02 Å². The van der Waals surface area contributed by atoms with E-state index in [2.05, 4.69) is 4.90 Å². The Morgan fingerprint density at radius 2 is 1.56 bits per heavy atom. The Morgan fingerprint density at radius 3 is 2.12 bits per heavy atom. The molecule has 2 heterocycles. The van der Waals surface area contributed by atoms with Crippen molar-refractivity contribution in [3.63, 3.8) is 0 Å². The van der Waals surface area contributed by atoms with Crippen molar-refractivity contribution in [1.29, 1.82) is 0 Å².